The Morgan fingerprint density at radius 2 is 2.47 bits per heavy atom. The number of rotatable bonds is 3. The molecule has 5 heteroatoms. The van der Waals surface area contributed by atoms with Crippen molar-refractivity contribution in [1.82, 2.24) is 9.88 Å². The minimum atomic E-state index is -0.678. The van der Waals surface area contributed by atoms with Crippen LogP contribution in [0.3, 0.4) is 0 Å². The molecule has 2 heterocycles. The van der Waals surface area contributed by atoms with Gasteiger partial charge in [0, 0.05) is 18.0 Å². The monoisotopic (exact) mass is 254 g/mol. The maximum Gasteiger partial charge on any atom is 0.310 e. The standard InChI is InChI=1S/C12H18N2O2S/c1-9-10(17-8-13-9)6-14-5-3-4-12(2,7-14)11(15)16/h8H,3-7H2,1-2H3,(H,15,16). The quantitative estimate of drug-likeness (QED) is 0.898. The zero-order valence-corrected chi connectivity index (χ0v) is 11.1. The number of thiazole rings is 1. The molecule has 0 radical (unpaired) electrons. The van der Waals surface area contributed by atoms with Crippen LogP contribution in [0.5, 0.6) is 0 Å². The average Bonchev–Trinajstić information content (AvgIpc) is 2.64. The van der Waals surface area contributed by atoms with Gasteiger partial charge in [-0.15, -0.1) is 11.3 Å². The van der Waals surface area contributed by atoms with Gasteiger partial charge in [-0.1, -0.05) is 0 Å². The topological polar surface area (TPSA) is 53.4 Å². The van der Waals surface area contributed by atoms with Crippen LogP contribution in [-0.2, 0) is 11.3 Å². The van der Waals surface area contributed by atoms with Gasteiger partial charge in [-0.25, -0.2) is 4.98 Å². The number of aromatic nitrogens is 1. The Kier molecular flexibility index (Phi) is 3.49. The number of carboxylic acids is 1. The SMILES string of the molecule is Cc1ncsc1CN1CCCC(C)(C(=O)O)C1. The number of hydrogen-bond acceptors (Lipinski definition) is 4. The molecule has 1 fully saturated rings. The average molecular weight is 254 g/mol. The van der Waals surface area contributed by atoms with Crippen molar-refractivity contribution in [3.8, 4) is 0 Å². The van der Waals surface area contributed by atoms with Crippen LogP contribution in [0.25, 0.3) is 0 Å². The number of carboxylic acid groups (broad SMARTS) is 1. The third kappa shape index (κ3) is 2.66. The van der Waals surface area contributed by atoms with Crippen molar-refractivity contribution in [1.29, 1.82) is 0 Å². The molecule has 2 rings (SSSR count). The number of piperidine rings is 1. The molecule has 0 bridgehead atoms. The zero-order valence-electron chi connectivity index (χ0n) is 10.3. The second kappa shape index (κ2) is 4.74. The van der Waals surface area contributed by atoms with Crippen LogP contribution in [-0.4, -0.2) is 34.0 Å². The first kappa shape index (κ1) is 12.5. The summed E-state index contributed by atoms with van der Waals surface area (Å²) in [5.41, 5.74) is 2.33. The molecule has 1 aromatic heterocycles. The van der Waals surface area contributed by atoms with E-state index in [1.807, 2.05) is 19.4 Å². The Balaban J connectivity index is 2.03. The van der Waals surface area contributed by atoms with Gasteiger partial charge in [0.25, 0.3) is 0 Å². The fraction of sp³-hybridized carbons (Fsp3) is 0.667. The molecule has 1 aliphatic rings. The molecule has 0 spiro atoms. The Labute approximate surface area is 105 Å². The van der Waals surface area contributed by atoms with Gasteiger partial charge in [0.2, 0.25) is 0 Å². The molecule has 1 N–H and O–H groups in total. The van der Waals surface area contributed by atoms with Crippen LogP contribution in [0, 0.1) is 12.3 Å². The number of likely N-dealkylation sites (tertiary alicyclic amines) is 1. The summed E-state index contributed by atoms with van der Waals surface area (Å²) < 4.78 is 0. The van der Waals surface area contributed by atoms with E-state index in [9.17, 15) is 9.90 Å². The summed E-state index contributed by atoms with van der Waals surface area (Å²) in [7, 11) is 0. The highest BCUT2D eigenvalue weighted by molar-refractivity contribution is 7.09. The molecule has 1 aliphatic heterocycles. The number of carbonyl (C=O) groups is 1. The summed E-state index contributed by atoms with van der Waals surface area (Å²) in [6.07, 6.45) is 1.74. The highest BCUT2D eigenvalue weighted by atomic mass is 32.1. The summed E-state index contributed by atoms with van der Waals surface area (Å²) in [6.45, 7) is 6.31. The summed E-state index contributed by atoms with van der Waals surface area (Å²) in [5, 5.41) is 9.26. The molecule has 1 saturated heterocycles. The molecule has 4 nitrogen and oxygen atoms in total. The van der Waals surface area contributed by atoms with Crippen LogP contribution in [0.1, 0.15) is 30.3 Å². The van der Waals surface area contributed by atoms with E-state index in [1.54, 1.807) is 11.3 Å². The van der Waals surface area contributed by atoms with Crippen molar-refractivity contribution < 1.29 is 9.90 Å². The summed E-state index contributed by atoms with van der Waals surface area (Å²) in [4.78, 5) is 19.0. The minimum absolute atomic E-state index is 0.586. The predicted octanol–water partition coefficient (Wildman–Crippen LogP) is 2.14. The van der Waals surface area contributed by atoms with Gasteiger partial charge in [-0.3, -0.25) is 9.69 Å². The first-order valence-corrected chi connectivity index (χ1v) is 6.74. The maximum absolute atomic E-state index is 11.3. The summed E-state index contributed by atoms with van der Waals surface area (Å²) in [6, 6.07) is 0. The van der Waals surface area contributed by atoms with Crippen LogP contribution in [0.15, 0.2) is 5.51 Å². The van der Waals surface area contributed by atoms with Gasteiger partial charge in [-0.2, -0.15) is 0 Å². The molecule has 1 atom stereocenters. The predicted molar refractivity (Wildman–Crippen MR) is 67.1 cm³/mol. The summed E-state index contributed by atoms with van der Waals surface area (Å²) >= 11 is 1.65. The molecule has 0 aromatic carbocycles. The Hall–Kier alpha value is -0.940. The largest absolute Gasteiger partial charge is 0.481 e. The van der Waals surface area contributed by atoms with Crippen molar-refractivity contribution in [2.45, 2.75) is 33.2 Å². The Morgan fingerprint density at radius 3 is 3.06 bits per heavy atom. The number of nitrogens with zero attached hydrogens (tertiary/aromatic N) is 2. The first-order chi connectivity index (χ1) is 8.01. The van der Waals surface area contributed by atoms with Gasteiger partial charge < -0.3 is 5.11 Å². The first-order valence-electron chi connectivity index (χ1n) is 5.86. The molecule has 94 valence electrons. The summed E-state index contributed by atoms with van der Waals surface area (Å²) in [5.74, 6) is -0.678. The minimum Gasteiger partial charge on any atom is -0.481 e. The number of aliphatic carboxylic acids is 1. The lowest BCUT2D eigenvalue weighted by molar-refractivity contribution is -0.151. The Morgan fingerprint density at radius 1 is 1.71 bits per heavy atom. The third-order valence-corrected chi connectivity index (χ3v) is 4.42. The molecular weight excluding hydrogens is 236 g/mol. The number of hydrogen-bond donors (Lipinski definition) is 1. The lowest BCUT2D eigenvalue weighted by atomic mass is 9.82. The third-order valence-electron chi connectivity index (χ3n) is 3.50. The molecule has 1 aromatic rings. The van der Waals surface area contributed by atoms with E-state index in [1.165, 1.54) is 4.88 Å². The molecule has 0 saturated carbocycles. The van der Waals surface area contributed by atoms with Crippen molar-refractivity contribution in [3.05, 3.63) is 16.1 Å². The van der Waals surface area contributed by atoms with Crippen LogP contribution in [0.4, 0.5) is 0 Å². The van der Waals surface area contributed by atoms with Crippen molar-refractivity contribution in [3.63, 3.8) is 0 Å². The molecule has 17 heavy (non-hydrogen) atoms. The van der Waals surface area contributed by atoms with E-state index < -0.39 is 11.4 Å². The van der Waals surface area contributed by atoms with Crippen LogP contribution >= 0.6 is 11.3 Å². The lowest BCUT2D eigenvalue weighted by Crippen LogP contribution is -2.45. The van der Waals surface area contributed by atoms with Crippen LogP contribution in [0.2, 0.25) is 0 Å². The molecule has 1 unspecified atom stereocenters. The fourth-order valence-electron chi connectivity index (χ4n) is 2.34. The zero-order chi connectivity index (χ0) is 12.5. The van der Waals surface area contributed by atoms with E-state index in [0.717, 1.165) is 31.6 Å². The van der Waals surface area contributed by atoms with Crippen molar-refractivity contribution >= 4 is 17.3 Å². The van der Waals surface area contributed by atoms with Crippen LogP contribution < -0.4 is 0 Å². The molecule has 0 aliphatic carbocycles. The van der Waals surface area contributed by atoms with Crippen molar-refractivity contribution in [2.24, 2.45) is 5.41 Å². The maximum atomic E-state index is 11.3. The molecular formula is C12H18N2O2S. The fourth-order valence-corrected chi connectivity index (χ4v) is 3.15. The second-order valence-electron chi connectivity index (χ2n) is 5.04. The van der Waals surface area contributed by atoms with Gasteiger partial charge in [0.05, 0.1) is 16.6 Å². The smallest absolute Gasteiger partial charge is 0.310 e. The van der Waals surface area contributed by atoms with Gasteiger partial charge >= 0.3 is 5.97 Å². The van der Waals surface area contributed by atoms with Gasteiger partial charge in [0.15, 0.2) is 0 Å². The van der Waals surface area contributed by atoms with E-state index in [0.29, 0.717) is 6.54 Å². The van der Waals surface area contributed by atoms with E-state index >= 15 is 0 Å². The highest BCUT2D eigenvalue weighted by Gasteiger charge is 2.37. The lowest BCUT2D eigenvalue weighted by Gasteiger charge is -2.37. The second-order valence-corrected chi connectivity index (χ2v) is 5.98. The number of aryl methyl sites for hydroxylation is 1. The normalized spacial score (nSPS) is 26.0. The van der Waals surface area contributed by atoms with E-state index in [-0.39, 0.29) is 0 Å². The highest BCUT2D eigenvalue weighted by Crippen LogP contribution is 2.31. The van der Waals surface area contributed by atoms with Gasteiger partial charge in [-0.05, 0) is 33.2 Å². The van der Waals surface area contributed by atoms with Crippen molar-refractivity contribution in [2.75, 3.05) is 13.1 Å². The Bertz CT molecular complexity index is 418. The van der Waals surface area contributed by atoms with E-state index in [2.05, 4.69) is 9.88 Å². The molecule has 0 amide bonds. The van der Waals surface area contributed by atoms with E-state index in [4.69, 9.17) is 0 Å². The van der Waals surface area contributed by atoms with Gasteiger partial charge in [0.1, 0.15) is 0 Å².